The number of benzene rings is 3. The number of rotatable bonds is 9. The minimum atomic E-state index is -0.326. The highest BCUT2D eigenvalue weighted by Gasteiger charge is 2.11. The van der Waals surface area contributed by atoms with Crippen LogP contribution < -0.4 is 10.1 Å². The molecule has 0 aromatic heterocycles. The Morgan fingerprint density at radius 1 is 0.939 bits per heavy atom. The SMILES string of the molecule is Oc1ccc(C=Cc2ccccc2NCc2ccc(OCCN3CCCCC3)c(F)c2)cc1. The second-order valence-electron chi connectivity index (χ2n) is 8.38. The van der Waals surface area contributed by atoms with Crippen molar-refractivity contribution in [2.75, 3.05) is 31.6 Å². The van der Waals surface area contributed by atoms with E-state index in [1.54, 1.807) is 18.2 Å². The molecule has 3 aromatic carbocycles. The van der Waals surface area contributed by atoms with E-state index in [-0.39, 0.29) is 11.6 Å². The summed E-state index contributed by atoms with van der Waals surface area (Å²) in [5, 5.41) is 12.8. The number of nitrogens with one attached hydrogen (secondary N) is 1. The van der Waals surface area contributed by atoms with E-state index in [4.69, 9.17) is 4.74 Å². The minimum Gasteiger partial charge on any atom is -0.508 e. The molecule has 0 atom stereocenters. The Morgan fingerprint density at radius 2 is 1.73 bits per heavy atom. The lowest BCUT2D eigenvalue weighted by atomic mass is 10.1. The number of nitrogens with zero attached hydrogens (tertiary/aromatic N) is 1. The zero-order chi connectivity index (χ0) is 22.9. The van der Waals surface area contributed by atoms with Crippen molar-refractivity contribution in [3.63, 3.8) is 0 Å². The smallest absolute Gasteiger partial charge is 0.165 e. The summed E-state index contributed by atoms with van der Waals surface area (Å²) < 4.78 is 20.3. The predicted octanol–water partition coefficient (Wildman–Crippen LogP) is 6.18. The molecule has 1 aliphatic rings. The molecule has 3 aromatic rings. The number of para-hydroxylation sites is 1. The molecular weight excluding hydrogens is 415 g/mol. The molecule has 172 valence electrons. The maximum Gasteiger partial charge on any atom is 0.165 e. The fourth-order valence-corrected chi connectivity index (χ4v) is 4.01. The van der Waals surface area contributed by atoms with Crippen LogP contribution in [0.3, 0.4) is 0 Å². The van der Waals surface area contributed by atoms with Gasteiger partial charge in [-0.25, -0.2) is 4.39 Å². The van der Waals surface area contributed by atoms with Crippen LogP contribution in [0.15, 0.2) is 66.7 Å². The first-order valence-electron chi connectivity index (χ1n) is 11.6. The topological polar surface area (TPSA) is 44.7 Å². The second kappa shape index (κ2) is 11.5. The zero-order valence-electron chi connectivity index (χ0n) is 18.8. The van der Waals surface area contributed by atoms with Crippen molar-refractivity contribution in [1.82, 2.24) is 4.90 Å². The van der Waals surface area contributed by atoms with Gasteiger partial charge in [-0.1, -0.05) is 55.0 Å². The third kappa shape index (κ3) is 6.83. The summed E-state index contributed by atoms with van der Waals surface area (Å²) in [6, 6.07) is 20.2. The fraction of sp³-hybridized carbons (Fsp3) is 0.286. The van der Waals surface area contributed by atoms with Crippen molar-refractivity contribution >= 4 is 17.8 Å². The highest BCUT2D eigenvalue weighted by molar-refractivity contribution is 5.76. The summed E-state index contributed by atoms with van der Waals surface area (Å²) in [5.41, 5.74) is 3.85. The third-order valence-electron chi connectivity index (χ3n) is 5.90. The number of hydrogen-bond acceptors (Lipinski definition) is 4. The van der Waals surface area contributed by atoms with Gasteiger partial charge in [0.2, 0.25) is 0 Å². The average molecular weight is 447 g/mol. The first kappa shape index (κ1) is 22.9. The number of phenols is 1. The molecular formula is C28H31FN2O2. The Bertz CT molecular complexity index is 1060. The van der Waals surface area contributed by atoms with E-state index in [0.717, 1.165) is 42.0 Å². The molecule has 0 saturated carbocycles. The average Bonchev–Trinajstić information content (AvgIpc) is 2.85. The molecule has 0 aliphatic carbocycles. The summed E-state index contributed by atoms with van der Waals surface area (Å²) in [4.78, 5) is 2.38. The Balaban J connectivity index is 1.32. The lowest BCUT2D eigenvalue weighted by molar-refractivity contribution is 0.180. The molecule has 4 nitrogen and oxygen atoms in total. The Kier molecular flexibility index (Phi) is 7.99. The molecule has 1 aliphatic heterocycles. The summed E-state index contributed by atoms with van der Waals surface area (Å²) in [7, 11) is 0. The number of ether oxygens (including phenoxy) is 1. The lowest BCUT2D eigenvalue weighted by Gasteiger charge is -2.26. The van der Waals surface area contributed by atoms with Gasteiger partial charge in [-0.3, -0.25) is 4.90 Å². The predicted molar refractivity (Wildman–Crippen MR) is 133 cm³/mol. The van der Waals surface area contributed by atoms with Gasteiger partial charge in [0.05, 0.1) is 0 Å². The van der Waals surface area contributed by atoms with Crippen LogP contribution in [0.5, 0.6) is 11.5 Å². The summed E-state index contributed by atoms with van der Waals surface area (Å²) in [5.74, 6) is 0.237. The monoisotopic (exact) mass is 446 g/mol. The molecule has 2 N–H and O–H groups in total. The van der Waals surface area contributed by atoms with Crippen molar-refractivity contribution in [3.8, 4) is 11.5 Å². The molecule has 4 rings (SSSR count). The van der Waals surface area contributed by atoms with Crippen LogP contribution in [0.25, 0.3) is 12.2 Å². The number of aromatic hydroxyl groups is 1. The van der Waals surface area contributed by atoms with Crippen LogP contribution in [0.2, 0.25) is 0 Å². The highest BCUT2D eigenvalue weighted by Crippen LogP contribution is 2.22. The first-order chi connectivity index (χ1) is 16.2. The molecule has 1 fully saturated rings. The second-order valence-corrected chi connectivity index (χ2v) is 8.38. The summed E-state index contributed by atoms with van der Waals surface area (Å²) >= 11 is 0. The quantitative estimate of drug-likeness (QED) is 0.385. The van der Waals surface area contributed by atoms with Crippen molar-refractivity contribution in [2.45, 2.75) is 25.8 Å². The van der Waals surface area contributed by atoms with Gasteiger partial charge in [-0.15, -0.1) is 0 Å². The third-order valence-corrected chi connectivity index (χ3v) is 5.90. The normalized spacial score (nSPS) is 14.5. The minimum absolute atomic E-state index is 0.250. The number of hydrogen-bond donors (Lipinski definition) is 2. The van der Waals surface area contributed by atoms with Gasteiger partial charge < -0.3 is 15.2 Å². The van der Waals surface area contributed by atoms with Crippen LogP contribution in [-0.4, -0.2) is 36.2 Å². The van der Waals surface area contributed by atoms with E-state index in [9.17, 15) is 9.50 Å². The molecule has 1 saturated heterocycles. The van der Waals surface area contributed by atoms with E-state index in [1.165, 1.54) is 25.3 Å². The number of anilines is 1. The molecule has 1 heterocycles. The molecule has 33 heavy (non-hydrogen) atoms. The fourth-order valence-electron chi connectivity index (χ4n) is 4.01. The van der Waals surface area contributed by atoms with Gasteiger partial charge in [0.1, 0.15) is 12.4 Å². The van der Waals surface area contributed by atoms with Gasteiger partial charge in [-0.05, 0) is 73.0 Å². The Hall–Kier alpha value is -3.31. The number of piperidine rings is 1. The zero-order valence-corrected chi connectivity index (χ0v) is 18.8. The molecule has 0 spiro atoms. The van der Waals surface area contributed by atoms with Gasteiger partial charge in [-0.2, -0.15) is 0 Å². The molecule has 5 heteroatoms. The van der Waals surface area contributed by atoms with Crippen LogP contribution in [0.4, 0.5) is 10.1 Å². The van der Waals surface area contributed by atoms with Crippen molar-refractivity contribution in [1.29, 1.82) is 0 Å². The number of phenolic OH excluding ortho intramolecular Hbond substituents is 1. The van der Waals surface area contributed by atoms with Crippen LogP contribution >= 0.6 is 0 Å². The van der Waals surface area contributed by atoms with Crippen molar-refractivity contribution < 1.29 is 14.2 Å². The Labute approximate surface area is 195 Å². The maximum atomic E-state index is 14.6. The van der Waals surface area contributed by atoms with Gasteiger partial charge >= 0.3 is 0 Å². The summed E-state index contributed by atoms with van der Waals surface area (Å²) in [6.07, 6.45) is 7.81. The number of halogens is 1. The lowest BCUT2D eigenvalue weighted by Crippen LogP contribution is -2.33. The molecule has 0 amide bonds. The van der Waals surface area contributed by atoms with Crippen LogP contribution in [-0.2, 0) is 6.54 Å². The molecule has 0 bridgehead atoms. The van der Waals surface area contributed by atoms with E-state index in [0.29, 0.717) is 18.9 Å². The van der Waals surface area contributed by atoms with Gasteiger partial charge in [0.25, 0.3) is 0 Å². The molecule has 0 radical (unpaired) electrons. The number of likely N-dealkylation sites (tertiary alicyclic amines) is 1. The highest BCUT2D eigenvalue weighted by atomic mass is 19.1. The van der Waals surface area contributed by atoms with Crippen LogP contribution in [0, 0.1) is 5.82 Å². The van der Waals surface area contributed by atoms with Crippen molar-refractivity contribution in [2.24, 2.45) is 0 Å². The van der Waals surface area contributed by atoms with Gasteiger partial charge in [0, 0.05) is 18.8 Å². The van der Waals surface area contributed by atoms with Crippen LogP contribution in [0.1, 0.15) is 36.0 Å². The largest absolute Gasteiger partial charge is 0.508 e. The Morgan fingerprint density at radius 3 is 2.52 bits per heavy atom. The first-order valence-corrected chi connectivity index (χ1v) is 11.6. The van der Waals surface area contributed by atoms with E-state index in [2.05, 4.69) is 10.2 Å². The summed E-state index contributed by atoms with van der Waals surface area (Å²) in [6.45, 7) is 4.09. The van der Waals surface area contributed by atoms with E-state index in [1.807, 2.05) is 54.6 Å². The van der Waals surface area contributed by atoms with E-state index >= 15 is 0 Å². The van der Waals surface area contributed by atoms with Crippen molar-refractivity contribution in [3.05, 3.63) is 89.2 Å². The standard InChI is InChI=1S/C28H31FN2O2/c29-26-20-23(11-15-28(26)33-19-18-31-16-4-1-5-17-31)21-30-27-7-3-2-6-24(27)12-8-22-9-13-25(32)14-10-22/h2-3,6-15,20,30,32H,1,4-5,16-19,21H2. The van der Waals surface area contributed by atoms with E-state index < -0.39 is 0 Å². The maximum absolute atomic E-state index is 14.6. The van der Waals surface area contributed by atoms with Gasteiger partial charge in [0.15, 0.2) is 11.6 Å². The molecule has 0 unspecified atom stereocenters.